The number of hydrogen-bond donors (Lipinski definition) is 1. The lowest BCUT2D eigenvalue weighted by Gasteiger charge is -2.24. The van der Waals surface area contributed by atoms with E-state index < -0.39 is 17.7 Å². The number of anilines is 1. The van der Waals surface area contributed by atoms with Crippen LogP contribution < -0.4 is 4.90 Å². The minimum absolute atomic E-state index is 0.0489. The number of nitrogens with zero attached hydrogens (tertiary/aromatic N) is 2. The third-order valence-electron chi connectivity index (χ3n) is 5.64. The van der Waals surface area contributed by atoms with Crippen LogP contribution in [0.25, 0.3) is 5.76 Å². The van der Waals surface area contributed by atoms with Crippen LogP contribution in [0.3, 0.4) is 0 Å². The molecule has 1 saturated heterocycles. The van der Waals surface area contributed by atoms with Gasteiger partial charge in [-0.1, -0.05) is 54.7 Å². The van der Waals surface area contributed by atoms with E-state index >= 15 is 0 Å². The van der Waals surface area contributed by atoms with Crippen molar-refractivity contribution in [2.24, 2.45) is 0 Å². The van der Waals surface area contributed by atoms with Crippen molar-refractivity contribution in [2.75, 3.05) is 4.90 Å². The Bertz CT molecular complexity index is 1220. The van der Waals surface area contributed by atoms with E-state index in [0.717, 1.165) is 24.8 Å². The Morgan fingerprint density at radius 2 is 1.79 bits per heavy atom. The number of pyridine rings is 1. The van der Waals surface area contributed by atoms with Gasteiger partial charge in [-0.2, -0.15) is 0 Å². The van der Waals surface area contributed by atoms with Gasteiger partial charge >= 0.3 is 0 Å². The highest BCUT2D eigenvalue weighted by Crippen LogP contribution is 2.42. The van der Waals surface area contributed by atoms with E-state index in [9.17, 15) is 14.7 Å². The molecule has 7 heteroatoms. The SMILES string of the molecule is CCCCc1ccc(N2C(=O)C(=O)/C(=C(\O)c3ccc(Cl)c(Cl)c3)C2c2ccccn2)cc1. The van der Waals surface area contributed by atoms with Crippen molar-refractivity contribution in [3.05, 3.63) is 99.3 Å². The summed E-state index contributed by atoms with van der Waals surface area (Å²) < 4.78 is 0. The molecular formula is C26H22Cl2N2O3. The van der Waals surface area contributed by atoms with Crippen LogP contribution in [-0.4, -0.2) is 21.8 Å². The van der Waals surface area contributed by atoms with Gasteiger partial charge in [0.2, 0.25) is 0 Å². The van der Waals surface area contributed by atoms with Crippen molar-refractivity contribution in [2.45, 2.75) is 32.2 Å². The van der Waals surface area contributed by atoms with E-state index in [-0.39, 0.29) is 16.4 Å². The summed E-state index contributed by atoms with van der Waals surface area (Å²) in [6.07, 6.45) is 4.69. The average molecular weight is 481 g/mol. The van der Waals surface area contributed by atoms with E-state index in [4.69, 9.17) is 23.2 Å². The number of aromatic nitrogens is 1. The maximum atomic E-state index is 13.2. The molecular weight excluding hydrogens is 459 g/mol. The van der Waals surface area contributed by atoms with Crippen molar-refractivity contribution >= 4 is 46.3 Å². The van der Waals surface area contributed by atoms with Gasteiger partial charge in [-0.05, 0) is 60.9 Å². The standard InChI is InChI=1S/C26H22Cl2N2O3/c1-2-3-6-16-8-11-18(12-9-16)30-23(21-7-4-5-14-29-21)22(25(32)26(30)33)24(31)17-10-13-19(27)20(28)15-17/h4-5,7-15,23,31H,2-3,6H2,1H3/b24-22-. The number of carbonyl (C=O) groups is 2. The van der Waals surface area contributed by atoms with E-state index in [1.54, 1.807) is 30.5 Å². The third-order valence-corrected chi connectivity index (χ3v) is 6.38. The van der Waals surface area contributed by atoms with Gasteiger partial charge in [0.1, 0.15) is 11.8 Å². The molecule has 168 valence electrons. The van der Waals surface area contributed by atoms with Crippen LogP contribution in [-0.2, 0) is 16.0 Å². The average Bonchev–Trinajstić information content (AvgIpc) is 3.10. The molecule has 1 unspecified atom stereocenters. The number of halogens is 2. The van der Waals surface area contributed by atoms with E-state index in [2.05, 4.69) is 11.9 Å². The number of hydrogen-bond acceptors (Lipinski definition) is 4. The van der Waals surface area contributed by atoms with Gasteiger partial charge in [-0.3, -0.25) is 19.5 Å². The molecule has 2 heterocycles. The van der Waals surface area contributed by atoms with Gasteiger partial charge in [0.05, 0.1) is 21.3 Å². The fourth-order valence-corrected chi connectivity index (χ4v) is 4.22. The second-order valence-corrected chi connectivity index (χ2v) is 8.64. The number of aliphatic hydroxyl groups excluding tert-OH is 1. The largest absolute Gasteiger partial charge is 0.507 e. The van der Waals surface area contributed by atoms with Crippen LogP contribution in [0.1, 0.15) is 42.6 Å². The summed E-state index contributed by atoms with van der Waals surface area (Å²) in [6.45, 7) is 2.13. The number of aryl methyl sites for hydroxylation is 1. The predicted octanol–water partition coefficient (Wildman–Crippen LogP) is 6.36. The smallest absolute Gasteiger partial charge is 0.300 e. The molecule has 1 aromatic heterocycles. The number of rotatable bonds is 6. The van der Waals surface area contributed by atoms with Gasteiger partial charge in [0.25, 0.3) is 11.7 Å². The molecule has 0 radical (unpaired) electrons. The second-order valence-electron chi connectivity index (χ2n) is 7.82. The number of ketones is 1. The first-order valence-corrected chi connectivity index (χ1v) is 11.4. The number of aliphatic hydroxyl groups is 1. The Balaban J connectivity index is 1.84. The monoisotopic (exact) mass is 480 g/mol. The zero-order chi connectivity index (χ0) is 23.5. The molecule has 0 spiro atoms. The Kier molecular flexibility index (Phi) is 6.82. The maximum absolute atomic E-state index is 13.2. The number of unbranched alkanes of at least 4 members (excludes halogenated alkanes) is 1. The maximum Gasteiger partial charge on any atom is 0.300 e. The van der Waals surface area contributed by atoms with Crippen LogP contribution in [0.2, 0.25) is 10.0 Å². The summed E-state index contributed by atoms with van der Waals surface area (Å²) in [6, 6.07) is 16.5. The molecule has 1 aliphatic heterocycles. The molecule has 2 aromatic carbocycles. The fourth-order valence-electron chi connectivity index (χ4n) is 3.92. The van der Waals surface area contributed by atoms with E-state index in [0.29, 0.717) is 22.0 Å². The molecule has 1 aliphatic rings. The summed E-state index contributed by atoms with van der Waals surface area (Å²) in [7, 11) is 0. The summed E-state index contributed by atoms with van der Waals surface area (Å²) in [5.41, 5.74) is 2.42. The Morgan fingerprint density at radius 1 is 1.03 bits per heavy atom. The Hall–Kier alpha value is -3.15. The Morgan fingerprint density at radius 3 is 2.42 bits per heavy atom. The first-order valence-electron chi connectivity index (χ1n) is 10.7. The highest BCUT2D eigenvalue weighted by atomic mass is 35.5. The number of carbonyl (C=O) groups excluding carboxylic acids is 2. The van der Waals surface area contributed by atoms with Crippen LogP contribution >= 0.6 is 23.2 Å². The molecule has 1 amide bonds. The van der Waals surface area contributed by atoms with Gasteiger partial charge < -0.3 is 5.11 Å². The highest BCUT2D eigenvalue weighted by Gasteiger charge is 2.47. The fraction of sp³-hybridized carbons (Fsp3) is 0.192. The molecule has 1 fully saturated rings. The summed E-state index contributed by atoms with van der Waals surface area (Å²) in [4.78, 5) is 32.1. The van der Waals surface area contributed by atoms with Crippen molar-refractivity contribution in [1.82, 2.24) is 4.98 Å². The van der Waals surface area contributed by atoms with Gasteiger partial charge in [-0.25, -0.2) is 0 Å². The molecule has 0 aliphatic carbocycles. The van der Waals surface area contributed by atoms with Crippen LogP contribution in [0, 0.1) is 0 Å². The normalized spacial score (nSPS) is 17.5. The second kappa shape index (κ2) is 9.77. The summed E-state index contributed by atoms with van der Waals surface area (Å²) >= 11 is 12.1. The first-order chi connectivity index (χ1) is 15.9. The number of Topliss-reactive ketones (excluding diaryl/α,β-unsaturated/α-hetero) is 1. The minimum atomic E-state index is -0.887. The first kappa shape index (κ1) is 23.0. The molecule has 5 nitrogen and oxygen atoms in total. The summed E-state index contributed by atoms with van der Waals surface area (Å²) in [5, 5.41) is 11.7. The van der Waals surface area contributed by atoms with Crippen LogP contribution in [0.4, 0.5) is 5.69 Å². The summed E-state index contributed by atoms with van der Waals surface area (Å²) in [5.74, 6) is -1.84. The zero-order valence-electron chi connectivity index (χ0n) is 18.0. The quantitative estimate of drug-likeness (QED) is 0.253. The molecule has 3 aromatic rings. The third kappa shape index (κ3) is 4.52. The van der Waals surface area contributed by atoms with Gasteiger partial charge in [0.15, 0.2) is 0 Å². The molecule has 0 saturated carbocycles. The molecule has 1 atom stereocenters. The lowest BCUT2D eigenvalue weighted by Crippen LogP contribution is -2.29. The van der Waals surface area contributed by atoms with E-state index in [1.165, 1.54) is 17.0 Å². The highest BCUT2D eigenvalue weighted by molar-refractivity contribution is 6.51. The van der Waals surface area contributed by atoms with Crippen molar-refractivity contribution in [1.29, 1.82) is 0 Å². The van der Waals surface area contributed by atoms with E-state index in [1.807, 2.05) is 24.3 Å². The predicted molar refractivity (Wildman–Crippen MR) is 131 cm³/mol. The van der Waals surface area contributed by atoms with Gasteiger partial charge in [-0.15, -0.1) is 0 Å². The number of benzene rings is 2. The Labute approximate surface area is 202 Å². The zero-order valence-corrected chi connectivity index (χ0v) is 19.5. The topological polar surface area (TPSA) is 70.5 Å². The lowest BCUT2D eigenvalue weighted by atomic mass is 9.98. The molecule has 33 heavy (non-hydrogen) atoms. The van der Waals surface area contributed by atoms with Crippen LogP contribution in [0.5, 0.6) is 0 Å². The van der Waals surface area contributed by atoms with Crippen molar-refractivity contribution < 1.29 is 14.7 Å². The van der Waals surface area contributed by atoms with Crippen molar-refractivity contribution in [3.63, 3.8) is 0 Å². The van der Waals surface area contributed by atoms with Crippen molar-refractivity contribution in [3.8, 4) is 0 Å². The molecule has 4 rings (SSSR count). The minimum Gasteiger partial charge on any atom is -0.507 e. The number of amides is 1. The van der Waals surface area contributed by atoms with Crippen LogP contribution in [0.15, 0.2) is 72.4 Å². The molecule has 1 N–H and O–H groups in total. The van der Waals surface area contributed by atoms with Gasteiger partial charge in [0, 0.05) is 17.4 Å². The molecule has 0 bridgehead atoms. The lowest BCUT2D eigenvalue weighted by molar-refractivity contribution is -0.132.